The highest BCUT2D eigenvalue weighted by Gasteiger charge is 2.26. The number of hydrogen-bond donors (Lipinski definition) is 1. The zero-order valence-corrected chi connectivity index (χ0v) is 17.3. The quantitative estimate of drug-likeness (QED) is 0.765. The standard InChI is InChI=1S/C19H25N3O3S2/c1-3-6-17-21-14(2)18(26-17)19(23)20-13-15-7-9-16(10-8-15)27(24,25)22-11-4-5-12-22/h7-10H,3-6,11-13H2,1-2H3,(H,20,23). The number of rotatable bonds is 7. The maximum Gasteiger partial charge on any atom is 0.263 e. The number of benzene rings is 1. The molecule has 2 heterocycles. The summed E-state index contributed by atoms with van der Waals surface area (Å²) in [5.74, 6) is -0.138. The van der Waals surface area contributed by atoms with Crippen molar-refractivity contribution >= 4 is 27.3 Å². The van der Waals surface area contributed by atoms with Gasteiger partial charge in [-0.1, -0.05) is 19.1 Å². The van der Waals surface area contributed by atoms with Gasteiger partial charge in [0.1, 0.15) is 4.88 Å². The number of amides is 1. The molecule has 0 spiro atoms. The molecule has 8 heteroatoms. The van der Waals surface area contributed by atoms with Gasteiger partial charge in [-0.2, -0.15) is 4.31 Å². The molecule has 3 rings (SSSR count). The SMILES string of the molecule is CCCc1nc(C)c(C(=O)NCc2ccc(S(=O)(=O)N3CCCC3)cc2)s1. The van der Waals surface area contributed by atoms with E-state index >= 15 is 0 Å². The second-order valence-electron chi connectivity index (χ2n) is 6.71. The van der Waals surface area contributed by atoms with Crippen LogP contribution in [0, 0.1) is 6.92 Å². The molecule has 0 bridgehead atoms. The van der Waals surface area contributed by atoms with Crippen LogP contribution in [0.25, 0.3) is 0 Å². The molecule has 0 aliphatic carbocycles. The summed E-state index contributed by atoms with van der Waals surface area (Å²) in [5, 5.41) is 3.88. The molecule has 1 aliphatic rings. The first-order valence-electron chi connectivity index (χ1n) is 9.25. The topological polar surface area (TPSA) is 79.4 Å². The molecule has 0 radical (unpaired) electrons. The first-order valence-corrected chi connectivity index (χ1v) is 11.5. The normalized spacial score (nSPS) is 15.2. The fourth-order valence-corrected chi connectivity index (χ4v) is 5.70. The van der Waals surface area contributed by atoms with Crippen molar-refractivity contribution in [3.8, 4) is 0 Å². The van der Waals surface area contributed by atoms with Crippen molar-refractivity contribution in [1.29, 1.82) is 0 Å². The zero-order valence-electron chi connectivity index (χ0n) is 15.7. The molecular weight excluding hydrogens is 382 g/mol. The van der Waals surface area contributed by atoms with E-state index in [1.165, 1.54) is 15.6 Å². The second kappa shape index (κ2) is 8.50. The molecule has 1 fully saturated rings. The first kappa shape index (κ1) is 20.0. The minimum Gasteiger partial charge on any atom is -0.347 e. The molecule has 0 unspecified atom stereocenters. The summed E-state index contributed by atoms with van der Waals surface area (Å²) in [6, 6.07) is 6.75. The smallest absolute Gasteiger partial charge is 0.263 e. The fourth-order valence-electron chi connectivity index (χ4n) is 3.10. The summed E-state index contributed by atoms with van der Waals surface area (Å²) in [5.41, 5.74) is 1.62. The number of thiazole rings is 1. The van der Waals surface area contributed by atoms with Crippen LogP contribution in [-0.2, 0) is 23.0 Å². The maximum absolute atomic E-state index is 12.5. The summed E-state index contributed by atoms with van der Waals surface area (Å²) >= 11 is 1.44. The van der Waals surface area contributed by atoms with Crippen LogP contribution in [0.3, 0.4) is 0 Å². The third-order valence-electron chi connectivity index (χ3n) is 4.59. The van der Waals surface area contributed by atoms with Gasteiger partial charge >= 0.3 is 0 Å². The Hall–Kier alpha value is -1.77. The maximum atomic E-state index is 12.5. The number of aryl methyl sites for hydroxylation is 2. The van der Waals surface area contributed by atoms with Crippen LogP contribution in [0.4, 0.5) is 0 Å². The number of carbonyl (C=O) groups is 1. The van der Waals surface area contributed by atoms with Gasteiger partial charge in [0.15, 0.2) is 0 Å². The molecule has 1 N–H and O–H groups in total. The van der Waals surface area contributed by atoms with E-state index in [-0.39, 0.29) is 5.91 Å². The Morgan fingerprint density at radius 3 is 2.52 bits per heavy atom. The van der Waals surface area contributed by atoms with E-state index in [4.69, 9.17) is 0 Å². The van der Waals surface area contributed by atoms with Gasteiger partial charge in [0.2, 0.25) is 10.0 Å². The van der Waals surface area contributed by atoms with Crippen LogP contribution in [0.1, 0.15) is 52.1 Å². The van der Waals surface area contributed by atoms with Crippen LogP contribution in [0.15, 0.2) is 29.2 Å². The van der Waals surface area contributed by atoms with Gasteiger partial charge in [-0.15, -0.1) is 11.3 Å². The molecular formula is C19H25N3O3S2. The van der Waals surface area contributed by atoms with Crippen molar-refractivity contribution in [2.45, 2.75) is 51.0 Å². The number of carbonyl (C=O) groups excluding carboxylic acids is 1. The predicted molar refractivity (Wildman–Crippen MR) is 106 cm³/mol. The van der Waals surface area contributed by atoms with Gasteiger partial charge in [0, 0.05) is 19.6 Å². The van der Waals surface area contributed by atoms with Crippen molar-refractivity contribution in [1.82, 2.24) is 14.6 Å². The average Bonchev–Trinajstić information content (AvgIpc) is 3.31. The molecule has 27 heavy (non-hydrogen) atoms. The van der Waals surface area contributed by atoms with Crippen molar-refractivity contribution in [2.24, 2.45) is 0 Å². The Labute approximate surface area is 164 Å². The third kappa shape index (κ3) is 4.56. The van der Waals surface area contributed by atoms with Crippen LogP contribution in [-0.4, -0.2) is 36.7 Å². The number of nitrogens with one attached hydrogen (secondary N) is 1. The van der Waals surface area contributed by atoms with Gasteiger partial charge in [-0.05, 0) is 50.3 Å². The molecule has 1 aromatic carbocycles. The highest BCUT2D eigenvalue weighted by molar-refractivity contribution is 7.89. The molecule has 1 amide bonds. The number of aromatic nitrogens is 1. The predicted octanol–water partition coefficient (Wildman–Crippen LogP) is 3.12. The summed E-state index contributed by atoms with van der Waals surface area (Å²) in [6.07, 6.45) is 3.72. The lowest BCUT2D eigenvalue weighted by molar-refractivity contribution is 0.0954. The largest absolute Gasteiger partial charge is 0.347 e. The van der Waals surface area contributed by atoms with Crippen LogP contribution in [0.2, 0.25) is 0 Å². The van der Waals surface area contributed by atoms with E-state index in [9.17, 15) is 13.2 Å². The Morgan fingerprint density at radius 2 is 1.89 bits per heavy atom. The van der Waals surface area contributed by atoms with Gasteiger partial charge in [-0.25, -0.2) is 13.4 Å². The Morgan fingerprint density at radius 1 is 1.22 bits per heavy atom. The number of hydrogen-bond acceptors (Lipinski definition) is 5. The molecule has 0 saturated carbocycles. The minimum atomic E-state index is -3.40. The molecule has 1 saturated heterocycles. The van der Waals surface area contributed by atoms with Crippen LogP contribution in [0.5, 0.6) is 0 Å². The molecule has 146 valence electrons. The summed E-state index contributed by atoms with van der Waals surface area (Å²) in [7, 11) is -3.40. The van der Waals surface area contributed by atoms with Crippen molar-refractivity contribution in [3.63, 3.8) is 0 Å². The molecule has 1 aliphatic heterocycles. The zero-order chi connectivity index (χ0) is 19.4. The van der Waals surface area contributed by atoms with Gasteiger partial charge < -0.3 is 5.32 Å². The summed E-state index contributed by atoms with van der Waals surface area (Å²) in [4.78, 5) is 17.8. The van der Waals surface area contributed by atoms with E-state index in [1.54, 1.807) is 24.3 Å². The van der Waals surface area contributed by atoms with E-state index in [2.05, 4.69) is 17.2 Å². The highest BCUT2D eigenvalue weighted by Crippen LogP contribution is 2.22. The molecule has 6 nitrogen and oxygen atoms in total. The Balaban J connectivity index is 1.62. The van der Waals surface area contributed by atoms with Gasteiger partial charge in [0.25, 0.3) is 5.91 Å². The van der Waals surface area contributed by atoms with Crippen molar-refractivity contribution in [3.05, 3.63) is 45.4 Å². The summed E-state index contributed by atoms with van der Waals surface area (Å²) in [6.45, 7) is 5.47. The second-order valence-corrected chi connectivity index (χ2v) is 9.73. The van der Waals surface area contributed by atoms with E-state index < -0.39 is 10.0 Å². The molecule has 1 aromatic heterocycles. The minimum absolute atomic E-state index is 0.138. The Kier molecular flexibility index (Phi) is 6.29. The number of nitrogens with zero attached hydrogens (tertiary/aromatic N) is 2. The lowest BCUT2D eigenvalue weighted by Gasteiger charge is -2.15. The first-order chi connectivity index (χ1) is 12.9. The monoisotopic (exact) mass is 407 g/mol. The Bertz CT molecular complexity index is 899. The average molecular weight is 408 g/mol. The molecule has 0 atom stereocenters. The lowest BCUT2D eigenvalue weighted by atomic mass is 10.2. The number of sulfonamides is 1. The third-order valence-corrected chi connectivity index (χ3v) is 7.72. The molecule has 2 aromatic rings. The fraction of sp³-hybridized carbons (Fsp3) is 0.474. The lowest BCUT2D eigenvalue weighted by Crippen LogP contribution is -2.27. The van der Waals surface area contributed by atoms with Crippen molar-refractivity contribution in [2.75, 3.05) is 13.1 Å². The highest BCUT2D eigenvalue weighted by atomic mass is 32.2. The van der Waals surface area contributed by atoms with Gasteiger partial charge in [0.05, 0.1) is 15.6 Å². The van der Waals surface area contributed by atoms with Crippen molar-refractivity contribution < 1.29 is 13.2 Å². The van der Waals surface area contributed by atoms with E-state index in [0.29, 0.717) is 29.4 Å². The van der Waals surface area contributed by atoms with E-state index in [0.717, 1.165) is 41.9 Å². The summed E-state index contributed by atoms with van der Waals surface area (Å²) < 4.78 is 26.6. The van der Waals surface area contributed by atoms with Crippen LogP contribution < -0.4 is 5.32 Å². The van der Waals surface area contributed by atoms with E-state index in [1.807, 2.05) is 6.92 Å². The van der Waals surface area contributed by atoms with Gasteiger partial charge in [-0.3, -0.25) is 4.79 Å². The van der Waals surface area contributed by atoms with Crippen LogP contribution >= 0.6 is 11.3 Å².